The molecule has 1 amide bonds. The van der Waals surface area contributed by atoms with E-state index in [1.54, 1.807) is 6.08 Å². The number of unbranched alkanes of at least 4 members (excludes halogenated alkanes) is 32. The topological polar surface area (TPSA) is 175 Å². The Morgan fingerprint density at radius 1 is 0.493 bits per heavy atom. The first kappa shape index (κ1) is 68.6. The van der Waals surface area contributed by atoms with Crippen LogP contribution in [0.1, 0.15) is 271 Å². The van der Waals surface area contributed by atoms with Crippen LogP contribution in [0.5, 0.6) is 0 Å². The smallest absolute Gasteiger partial charge is 0.305 e. The van der Waals surface area contributed by atoms with Gasteiger partial charge in [-0.15, -0.1) is 0 Å². The van der Waals surface area contributed by atoms with Gasteiger partial charge in [-0.1, -0.05) is 223 Å². The number of ether oxygens (including phenoxy) is 3. The lowest BCUT2D eigenvalue weighted by atomic mass is 9.99. The molecule has 1 heterocycles. The minimum atomic E-state index is -1.58. The van der Waals surface area contributed by atoms with Crippen LogP contribution in [0.2, 0.25) is 0 Å². The number of aliphatic hydroxyl groups is 5. The first-order valence-electron chi connectivity index (χ1n) is 30.4. The third-order valence-corrected chi connectivity index (χ3v) is 14.1. The second kappa shape index (κ2) is 51.7. The second-order valence-corrected chi connectivity index (χ2v) is 21.0. The number of hydrogen-bond donors (Lipinski definition) is 6. The van der Waals surface area contributed by atoms with E-state index in [9.17, 15) is 35.1 Å². The summed E-state index contributed by atoms with van der Waals surface area (Å²) in [6, 6.07) is -0.841. The van der Waals surface area contributed by atoms with Crippen LogP contribution in [-0.4, -0.2) is 100 Å². The normalized spacial score (nSPS) is 19.2. The molecular weight excluding hydrogens is 919 g/mol. The fourth-order valence-corrected chi connectivity index (χ4v) is 9.28. The van der Waals surface area contributed by atoms with Crippen molar-refractivity contribution in [2.24, 2.45) is 0 Å². The number of allylic oxidation sites excluding steroid dienone is 7. The maximum Gasteiger partial charge on any atom is 0.305 e. The van der Waals surface area contributed by atoms with E-state index in [0.29, 0.717) is 19.4 Å². The van der Waals surface area contributed by atoms with E-state index < -0.39 is 49.5 Å². The Kier molecular flexibility index (Phi) is 48.6. The van der Waals surface area contributed by atoms with Crippen molar-refractivity contribution in [1.82, 2.24) is 5.32 Å². The zero-order valence-corrected chi connectivity index (χ0v) is 46.8. The largest absolute Gasteiger partial charge is 0.466 e. The van der Waals surface area contributed by atoms with E-state index in [1.807, 2.05) is 6.08 Å². The molecule has 1 rings (SSSR count). The summed E-state index contributed by atoms with van der Waals surface area (Å²) in [6.45, 7) is 4.28. The third-order valence-electron chi connectivity index (χ3n) is 14.1. The predicted molar refractivity (Wildman–Crippen MR) is 301 cm³/mol. The van der Waals surface area contributed by atoms with E-state index in [0.717, 1.165) is 89.9 Å². The van der Waals surface area contributed by atoms with Crippen molar-refractivity contribution in [2.75, 3.05) is 19.8 Å². The molecule has 6 N–H and O–H groups in total. The van der Waals surface area contributed by atoms with Gasteiger partial charge in [-0.25, -0.2) is 0 Å². The van der Waals surface area contributed by atoms with Crippen molar-refractivity contribution >= 4 is 11.9 Å². The predicted octanol–water partition coefficient (Wildman–Crippen LogP) is 14.1. The Bertz CT molecular complexity index is 1350. The molecule has 11 nitrogen and oxygen atoms in total. The average Bonchev–Trinajstić information content (AvgIpc) is 3.39. The molecule has 0 saturated carbocycles. The van der Waals surface area contributed by atoms with Gasteiger partial charge in [-0.2, -0.15) is 0 Å². The van der Waals surface area contributed by atoms with E-state index in [-0.39, 0.29) is 18.5 Å². The van der Waals surface area contributed by atoms with E-state index >= 15 is 0 Å². The molecule has 7 atom stereocenters. The average molecular weight is 1030 g/mol. The molecular formula is C62H113NO10. The molecule has 0 aromatic rings. The molecule has 73 heavy (non-hydrogen) atoms. The molecule has 0 radical (unpaired) electrons. The van der Waals surface area contributed by atoms with Gasteiger partial charge in [0.1, 0.15) is 24.4 Å². The standard InChI is InChI=1S/C62H113NO10/c1-3-5-7-9-11-13-15-16-25-29-32-36-40-44-48-55(65)54(53-72-62-61(70)60(69)59(68)56(52-64)73-62)63-57(66)49-45-41-37-33-30-26-23-21-19-17-18-20-22-24-27-31-35-39-43-47-51-71-58(67)50-46-42-38-34-28-14-12-10-8-6-4-2/h13,15,17,19,29,32,44,48,54-56,59-62,64-65,68-70H,3-12,14,16,18,20-28,30-31,33-43,45-47,49-53H2,1-2H3,(H,63,66)/b15-13+,19-17-,32-29+,48-44+. The van der Waals surface area contributed by atoms with Gasteiger partial charge >= 0.3 is 5.97 Å². The van der Waals surface area contributed by atoms with Crippen molar-refractivity contribution < 1.29 is 49.3 Å². The number of rotatable bonds is 52. The Morgan fingerprint density at radius 2 is 0.890 bits per heavy atom. The zero-order chi connectivity index (χ0) is 53.1. The lowest BCUT2D eigenvalue weighted by molar-refractivity contribution is -0.302. The van der Waals surface area contributed by atoms with Gasteiger partial charge in [-0.3, -0.25) is 9.59 Å². The third kappa shape index (κ3) is 41.5. The number of amides is 1. The highest BCUT2D eigenvalue weighted by Crippen LogP contribution is 2.23. The Balaban J connectivity index is 2.12. The van der Waals surface area contributed by atoms with E-state index in [2.05, 4.69) is 55.6 Å². The van der Waals surface area contributed by atoms with Crippen LogP contribution in [-0.2, 0) is 23.8 Å². The van der Waals surface area contributed by atoms with Gasteiger partial charge in [0.25, 0.3) is 0 Å². The number of hydrogen-bond acceptors (Lipinski definition) is 10. The van der Waals surface area contributed by atoms with Gasteiger partial charge in [0.15, 0.2) is 6.29 Å². The maximum atomic E-state index is 13.0. The molecule has 0 aromatic carbocycles. The minimum Gasteiger partial charge on any atom is -0.466 e. The van der Waals surface area contributed by atoms with Crippen LogP contribution in [0.3, 0.4) is 0 Å². The molecule has 11 heteroatoms. The highest BCUT2D eigenvalue weighted by molar-refractivity contribution is 5.76. The highest BCUT2D eigenvalue weighted by atomic mass is 16.7. The maximum absolute atomic E-state index is 13.0. The number of carbonyl (C=O) groups excluding carboxylic acids is 2. The van der Waals surface area contributed by atoms with Crippen LogP contribution in [0.4, 0.5) is 0 Å². The minimum absolute atomic E-state index is 0.00936. The summed E-state index contributed by atoms with van der Waals surface area (Å²) in [7, 11) is 0. The summed E-state index contributed by atoms with van der Waals surface area (Å²) in [5.74, 6) is -0.215. The fourth-order valence-electron chi connectivity index (χ4n) is 9.28. The summed E-state index contributed by atoms with van der Waals surface area (Å²) in [4.78, 5) is 25.1. The molecule has 1 aliphatic rings. The summed E-state index contributed by atoms with van der Waals surface area (Å²) < 4.78 is 16.7. The van der Waals surface area contributed by atoms with Crippen LogP contribution in [0, 0.1) is 0 Å². The molecule has 0 bridgehead atoms. The lowest BCUT2D eigenvalue weighted by Gasteiger charge is -2.40. The van der Waals surface area contributed by atoms with Crippen LogP contribution >= 0.6 is 0 Å². The molecule has 1 fully saturated rings. The first-order chi connectivity index (χ1) is 35.7. The Morgan fingerprint density at radius 3 is 1.37 bits per heavy atom. The molecule has 0 aromatic heterocycles. The van der Waals surface area contributed by atoms with Crippen molar-refractivity contribution in [3.63, 3.8) is 0 Å². The fraction of sp³-hybridized carbons (Fsp3) is 0.839. The second-order valence-electron chi connectivity index (χ2n) is 21.0. The van der Waals surface area contributed by atoms with Gasteiger partial charge in [0, 0.05) is 12.8 Å². The quantitative estimate of drug-likeness (QED) is 0.0195. The van der Waals surface area contributed by atoms with Crippen LogP contribution in [0.15, 0.2) is 48.6 Å². The van der Waals surface area contributed by atoms with Gasteiger partial charge < -0.3 is 45.1 Å². The summed E-state index contributed by atoms with van der Waals surface area (Å²) in [5, 5.41) is 54.4. The molecule has 426 valence electrons. The number of carbonyl (C=O) groups is 2. The molecule has 0 spiro atoms. The molecule has 0 aliphatic carbocycles. The molecule has 1 saturated heterocycles. The number of esters is 1. The van der Waals surface area contributed by atoms with Crippen molar-refractivity contribution in [1.29, 1.82) is 0 Å². The molecule has 1 aliphatic heterocycles. The monoisotopic (exact) mass is 1030 g/mol. The van der Waals surface area contributed by atoms with Gasteiger partial charge in [-0.05, 0) is 83.5 Å². The van der Waals surface area contributed by atoms with Crippen LogP contribution in [0.25, 0.3) is 0 Å². The van der Waals surface area contributed by atoms with Crippen molar-refractivity contribution in [3.05, 3.63) is 48.6 Å². The SMILES string of the molecule is CCCCCC/C=C/CC/C=C/CC/C=C/C(O)C(COC1OC(CO)C(O)C(O)C1O)NC(=O)CCCCCCCCC/C=C\CCCCCCCCCCCOC(=O)CCCCCCCCCCCCC. The van der Waals surface area contributed by atoms with E-state index in [4.69, 9.17) is 14.2 Å². The van der Waals surface area contributed by atoms with Crippen molar-refractivity contribution in [2.45, 2.75) is 314 Å². The summed E-state index contributed by atoms with van der Waals surface area (Å²) >= 11 is 0. The van der Waals surface area contributed by atoms with Gasteiger partial charge in [0.2, 0.25) is 5.91 Å². The summed E-state index contributed by atoms with van der Waals surface area (Å²) in [6.07, 6.45) is 54.8. The van der Waals surface area contributed by atoms with Gasteiger partial charge in [0.05, 0.1) is 32.0 Å². The summed E-state index contributed by atoms with van der Waals surface area (Å²) in [5.41, 5.74) is 0. The number of aliphatic hydroxyl groups excluding tert-OH is 5. The van der Waals surface area contributed by atoms with Crippen molar-refractivity contribution in [3.8, 4) is 0 Å². The zero-order valence-electron chi connectivity index (χ0n) is 46.8. The highest BCUT2D eigenvalue weighted by Gasteiger charge is 2.44. The lowest BCUT2D eigenvalue weighted by Crippen LogP contribution is -2.60. The van der Waals surface area contributed by atoms with E-state index in [1.165, 1.54) is 154 Å². The first-order valence-corrected chi connectivity index (χ1v) is 30.4. The van der Waals surface area contributed by atoms with Crippen LogP contribution < -0.4 is 5.32 Å². The number of nitrogens with one attached hydrogen (secondary N) is 1. The Hall–Kier alpha value is -2.38. The molecule has 7 unspecified atom stereocenters. The Labute approximate surface area is 446 Å².